The number of hydrogen-bond donors (Lipinski definition) is 2. The van der Waals surface area contributed by atoms with Crippen molar-refractivity contribution in [2.24, 2.45) is 0 Å². The number of carbonyl (C=O) groups is 2. The van der Waals surface area contributed by atoms with Crippen LogP contribution in [-0.4, -0.2) is 26.5 Å². The first-order valence-electron chi connectivity index (χ1n) is 9.67. The lowest BCUT2D eigenvalue weighted by Gasteiger charge is -2.18. The maximum absolute atomic E-state index is 12.4. The summed E-state index contributed by atoms with van der Waals surface area (Å²) < 4.78 is 1.85. The SMILES string of the molecule is O=C(O)CC(c1ccccc1)n1cnc2ccc(NC(=O)Cc3ccccc3)cc21. The van der Waals surface area contributed by atoms with Crippen molar-refractivity contribution in [3.63, 3.8) is 0 Å². The second-order valence-corrected chi connectivity index (χ2v) is 7.09. The molecule has 0 aliphatic rings. The van der Waals surface area contributed by atoms with Crippen LogP contribution in [-0.2, 0) is 16.0 Å². The molecule has 2 N–H and O–H groups in total. The summed E-state index contributed by atoms with van der Waals surface area (Å²) in [6.45, 7) is 0. The average Bonchev–Trinajstić information content (AvgIpc) is 3.16. The number of hydrogen-bond acceptors (Lipinski definition) is 3. The Labute approximate surface area is 173 Å². The summed E-state index contributed by atoms with van der Waals surface area (Å²) in [6.07, 6.45) is 1.87. The first-order chi connectivity index (χ1) is 14.6. The fourth-order valence-electron chi connectivity index (χ4n) is 3.56. The van der Waals surface area contributed by atoms with Crippen LogP contribution in [0.5, 0.6) is 0 Å². The number of aromatic nitrogens is 2. The molecular formula is C24H21N3O3. The van der Waals surface area contributed by atoms with E-state index in [-0.39, 0.29) is 18.7 Å². The van der Waals surface area contributed by atoms with E-state index in [4.69, 9.17) is 0 Å². The highest BCUT2D eigenvalue weighted by molar-refractivity contribution is 5.94. The van der Waals surface area contributed by atoms with Crippen molar-refractivity contribution in [1.82, 2.24) is 9.55 Å². The van der Waals surface area contributed by atoms with E-state index in [0.717, 1.165) is 22.2 Å². The van der Waals surface area contributed by atoms with Crippen molar-refractivity contribution in [1.29, 1.82) is 0 Å². The third-order valence-electron chi connectivity index (χ3n) is 4.95. The minimum absolute atomic E-state index is 0.0694. The number of amides is 1. The highest BCUT2D eigenvalue weighted by atomic mass is 16.4. The topological polar surface area (TPSA) is 84.2 Å². The van der Waals surface area contributed by atoms with Crippen LogP contribution in [0.1, 0.15) is 23.6 Å². The van der Waals surface area contributed by atoms with Gasteiger partial charge in [0.25, 0.3) is 0 Å². The van der Waals surface area contributed by atoms with E-state index < -0.39 is 12.0 Å². The summed E-state index contributed by atoms with van der Waals surface area (Å²) in [5.41, 5.74) is 3.97. The fourth-order valence-corrected chi connectivity index (χ4v) is 3.56. The van der Waals surface area contributed by atoms with Crippen LogP contribution in [0.25, 0.3) is 11.0 Å². The van der Waals surface area contributed by atoms with Gasteiger partial charge in [0, 0.05) is 5.69 Å². The highest BCUT2D eigenvalue weighted by Gasteiger charge is 2.20. The van der Waals surface area contributed by atoms with Gasteiger partial charge in [-0.3, -0.25) is 9.59 Å². The predicted molar refractivity (Wildman–Crippen MR) is 115 cm³/mol. The average molecular weight is 399 g/mol. The molecule has 0 radical (unpaired) electrons. The Hall–Kier alpha value is -3.93. The molecule has 150 valence electrons. The Kier molecular flexibility index (Phi) is 5.57. The van der Waals surface area contributed by atoms with Crippen LogP contribution in [0.3, 0.4) is 0 Å². The van der Waals surface area contributed by atoms with Crippen LogP contribution in [0, 0.1) is 0 Å². The molecule has 0 bridgehead atoms. The van der Waals surface area contributed by atoms with Crippen LogP contribution >= 0.6 is 0 Å². The summed E-state index contributed by atoms with van der Waals surface area (Å²) >= 11 is 0. The van der Waals surface area contributed by atoms with Gasteiger partial charge in [0.2, 0.25) is 5.91 Å². The molecule has 1 atom stereocenters. The first-order valence-corrected chi connectivity index (χ1v) is 9.67. The van der Waals surface area contributed by atoms with Gasteiger partial charge in [-0.25, -0.2) is 4.98 Å². The van der Waals surface area contributed by atoms with Gasteiger partial charge < -0.3 is 15.0 Å². The van der Waals surface area contributed by atoms with Crippen molar-refractivity contribution in [2.45, 2.75) is 18.9 Å². The minimum Gasteiger partial charge on any atom is -0.481 e. The molecule has 3 aromatic carbocycles. The second-order valence-electron chi connectivity index (χ2n) is 7.09. The Morgan fingerprint density at radius 2 is 1.67 bits per heavy atom. The number of benzene rings is 3. The van der Waals surface area contributed by atoms with E-state index in [2.05, 4.69) is 10.3 Å². The van der Waals surface area contributed by atoms with Gasteiger partial charge in [0.05, 0.1) is 36.2 Å². The quantitative estimate of drug-likeness (QED) is 0.486. The molecule has 0 spiro atoms. The number of carbonyl (C=O) groups excluding carboxylic acids is 1. The van der Waals surface area contributed by atoms with Crippen LogP contribution in [0.4, 0.5) is 5.69 Å². The number of fused-ring (bicyclic) bond motifs is 1. The smallest absolute Gasteiger partial charge is 0.305 e. The van der Waals surface area contributed by atoms with E-state index in [1.807, 2.05) is 77.4 Å². The zero-order valence-corrected chi connectivity index (χ0v) is 16.2. The van der Waals surface area contributed by atoms with Crippen molar-refractivity contribution >= 4 is 28.6 Å². The molecule has 0 saturated carbocycles. The van der Waals surface area contributed by atoms with E-state index in [1.54, 1.807) is 12.4 Å². The standard InChI is InChI=1S/C24H21N3O3/c28-23(13-17-7-3-1-4-8-17)26-19-11-12-20-22(14-19)27(16-25-20)21(15-24(29)30)18-9-5-2-6-10-18/h1-12,14,16,21H,13,15H2,(H,26,28)(H,29,30). The summed E-state index contributed by atoms with van der Waals surface area (Å²) in [5.74, 6) is -1.00. The van der Waals surface area contributed by atoms with E-state index in [0.29, 0.717) is 5.69 Å². The van der Waals surface area contributed by atoms with E-state index in [1.165, 1.54) is 0 Å². The molecule has 1 aromatic heterocycles. The first kappa shape index (κ1) is 19.4. The summed E-state index contributed by atoms with van der Waals surface area (Å²) in [7, 11) is 0. The lowest BCUT2D eigenvalue weighted by atomic mass is 10.0. The molecule has 1 heterocycles. The molecule has 4 rings (SSSR count). The number of rotatable bonds is 7. The highest BCUT2D eigenvalue weighted by Crippen LogP contribution is 2.28. The Balaban J connectivity index is 1.63. The normalized spacial score (nSPS) is 11.9. The van der Waals surface area contributed by atoms with Gasteiger partial charge in [-0.15, -0.1) is 0 Å². The van der Waals surface area contributed by atoms with Crippen LogP contribution < -0.4 is 5.32 Å². The predicted octanol–water partition coefficient (Wildman–Crippen LogP) is 4.28. The maximum atomic E-state index is 12.4. The van der Waals surface area contributed by atoms with Gasteiger partial charge in [-0.05, 0) is 29.3 Å². The van der Waals surface area contributed by atoms with Gasteiger partial charge in [-0.1, -0.05) is 60.7 Å². The van der Waals surface area contributed by atoms with Gasteiger partial charge in [0.15, 0.2) is 0 Å². The Bertz CT molecular complexity index is 1170. The number of anilines is 1. The third kappa shape index (κ3) is 4.38. The van der Waals surface area contributed by atoms with Gasteiger partial charge >= 0.3 is 5.97 Å². The number of carboxylic acids is 1. The zero-order chi connectivity index (χ0) is 20.9. The fraction of sp³-hybridized carbons (Fsp3) is 0.125. The van der Waals surface area contributed by atoms with Crippen molar-refractivity contribution < 1.29 is 14.7 Å². The van der Waals surface area contributed by atoms with E-state index >= 15 is 0 Å². The maximum Gasteiger partial charge on any atom is 0.305 e. The number of carboxylic acid groups (broad SMARTS) is 1. The van der Waals surface area contributed by atoms with E-state index in [9.17, 15) is 14.7 Å². The molecule has 0 aliphatic carbocycles. The lowest BCUT2D eigenvalue weighted by Crippen LogP contribution is -2.15. The number of nitrogens with one attached hydrogen (secondary N) is 1. The number of nitrogens with zero attached hydrogens (tertiary/aromatic N) is 2. The molecule has 1 amide bonds. The zero-order valence-electron chi connectivity index (χ0n) is 16.2. The van der Waals surface area contributed by atoms with Crippen LogP contribution in [0.15, 0.2) is 85.2 Å². The number of imidazole rings is 1. The Morgan fingerprint density at radius 1 is 0.967 bits per heavy atom. The molecule has 6 nitrogen and oxygen atoms in total. The molecule has 30 heavy (non-hydrogen) atoms. The second kappa shape index (κ2) is 8.61. The minimum atomic E-state index is -0.891. The van der Waals surface area contributed by atoms with Crippen molar-refractivity contribution in [3.8, 4) is 0 Å². The molecule has 1 unspecified atom stereocenters. The monoisotopic (exact) mass is 399 g/mol. The molecule has 6 heteroatoms. The summed E-state index contributed by atoms with van der Waals surface area (Å²) in [6, 6.07) is 24.1. The van der Waals surface area contributed by atoms with Gasteiger partial charge in [0.1, 0.15) is 0 Å². The third-order valence-corrected chi connectivity index (χ3v) is 4.95. The van der Waals surface area contributed by atoms with Crippen molar-refractivity contribution in [2.75, 3.05) is 5.32 Å². The molecular weight excluding hydrogens is 378 g/mol. The molecule has 4 aromatic rings. The van der Waals surface area contributed by atoms with Crippen molar-refractivity contribution in [3.05, 3.63) is 96.3 Å². The Morgan fingerprint density at radius 3 is 2.37 bits per heavy atom. The summed E-state index contributed by atoms with van der Waals surface area (Å²) in [4.78, 5) is 28.4. The van der Waals surface area contributed by atoms with Crippen LogP contribution in [0.2, 0.25) is 0 Å². The van der Waals surface area contributed by atoms with Gasteiger partial charge in [-0.2, -0.15) is 0 Å². The summed E-state index contributed by atoms with van der Waals surface area (Å²) in [5, 5.41) is 12.4. The molecule has 0 aliphatic heterocycles. The molecule has 0 saturated heterocycles. The number of aliphatic carboxylic acids is 1. The lowest BCUT2D eigenvalue weighted by molar-refractivity contribution is -0.137. The molecule has 0 fully saturated rings. The largest absolute Gasteiger partial charge is 0.481 e.